The molecular formula is C12H25N3O4S. The first-order valence-corrected chi connectivity index (χ1v) is 8.21. The topological polar surface area (TPSA) is 92.9 Å². The van der Waals surface area contributed by atoms with Crippen LogP contribution in [0, 0.1) is 5.92 Å². The Morgan fingerprint density at radius 1 is 1.35 bits per heavy atom. The number of hydrogen-bond acceptors (Lipinski definition) is 4. The molecule has 118 valence electrons. The summed E-state index contributed by atoms with van der Waals surface area (Å²) in [6, 6.07) is 0. The van der Waals surface area contributed by atoms with Gasteiger partial charge in [0.25, 0.3) is 10.2 Å². The molecule has 0 saturated carbocycles. The number of carbonyl (C=O) groups is 1. The van der Waals surface area contributed by atoms with E-state index in [9.17, 15) is 13.2 Å². The summed E-state index contributed by atoms with van der Waals surface area (Å²) in [4.78, 5) is 11.1. The number of primary amides is 1. The van der Waals surface area contributed by atoms with Crippen LogP contribution in [-0.2, 0) is 19.7 Å². The maximum atomic E-state index is 12.6. The van der Waals surface area contributed by atoms with Crippen LogP contribution in [0.15, 0.2) is 0 Å². The maximum absolute atomic E-state index is 12.6. The summed E-state index contributed by atoms with van der Waals surface area (Å²) < 4.78 is 33.3. The predicted molar refractivity (Wildman–Crippen MR) is 76.1 cm³/mol. The third kappa shape index (κ3) is 4.69. The van der Waals surface area contributed by atoms with Gasteiger partial charge in [0.05, 0.1) is 18.8 Å². The first-order chi connectivity index (χ1) is 9.12. The van der Waals surface area contributed by atoms with Crippen molar-refractivity contribution in [2.45, 2.75) is 39.9 Å². The van der Waals surface area contributed by atoms with E-state index in [2.05, 4.69) is 0 Å². The van der Waals surface area contributed by atoms with E-state index < -0.39 is 16.1 Å². The van der Waals surface area contributed by atoms with E-state index in [4.69, 9.17) is 10.5 Å². The largest absolute Gasteiger partial charge is 0.373 e. The molecule has 1 amide bonds. The SMILES string of the molecule is CC(C)CN(CC(N)=O)S(=O)(=O)N1C[C@H](C)O[C@@H](C)C1. The van der Waals surface area contributed by atoms with E-state index in [-0.39, 0.29) is 31.2 Å². The van der Waals surface area contributed by atoms with Gasteiger partial charge in [0, 0.05) is 19.6 Å². The van der Waals surface area contributed by atoms with Gasteiger partial charge in [-0.3, -0.25) is 4.79 Å². The highest BCUT2D eigenvalue weighted by molar-refractivity contribution is 7.86. The summed E-state index contributed by atoms with van der Waals surface area (Å²) in [5.74, 6) is -0.538. The molecule has 0 aliphatic carbocycles. The maximum Gasteiger partial charge on any atom is 0.282 e. The normalized spacial score (nSPS) is 25.3. The van der Waals surface area contributed by atoms with Crippen molar-refractivity contribution in [3.63, 3.8) is 0 Å². The van der Waals surface area contributed by atoms with Crippen LogP contribution in [0.2, 0.25) is 0 Å². The van der Waals surface area contributed by atoms with Crippen LogP contribution >= 0.6 is 0 Å². The van der Waals surface area contributed by atoms with Crippen molar-refractivity contribution in [1.29, 1.82) is 0 Å². The summed E-state index contributed by atoms with van der Waals surface area (Å²) in [6.07, 6.45) is -0.328. The number of nitrogens with zero attached hydrogens (tertiary/aromatic N) is 2. The molecule has 1 saturated heterocycles. The summed E-state index contributed by atoms with van der Waals surface area (Å²) in [5.41, 5.74) is 5.16. The van der Waals surface area contributed by atoms with Crippen LogP contribution in [0.3, 0.4) is 0 Å². The zero-order valence-electron chi connectivity index (χ0n) is 12.6. The second-order valence-electron chi connectivity index (χ2n) is 5.73. The zero-order chi connectivity index (χ0) is 15.5. The molecule has 2 N–H and O–H groups in total. The number of rotatable bonds is 6. The predicted octanol–water partition coefficient (Wildman–Crippen LogP) is -0.216. The van der Waals surface area contributed by atoms with Gasteiger partial charge in [-0.05, 0) is 19.8 Å². The lowest BCUT2D eigenvalue weighted by Gasteiger charge is -2.37. The Bertz CT molecular complexity index is 428. The molecular weight excluding hydrogens is 282 g/mol. The van der Waals surface area contributed by atoms with Crippen LogP contribution < -0.4 is 5.73 Å². The third-order valence-corrected chi connectivity index (χ3v) is 4.82. The highest BCUT2D eigenvalue weighted by Gasteiger charge is 2.36. The van der Waals surface area contributed by atoms with Gasteiger partial charge in [0.2, 0.25) is 5.91 Å². The molecule has 1 aliphatic heterocycles. The van der Waals surface area contributed by atoms with Crippen LogP contribution in [-0.4, -0.2) is 61.3 Å². The van der Waals surface area contributed by atoms with Crippen LogP contribution in [0.4, 0.5) is 0 Å². The lowest BCUT2D eigenvalue weighted by Crippen LogP contribution is -2.54. The molecule has 1 heterocycles. The van der Waals surface area contributed by atoms with Crippen LogP contribution in [0.5, 0.6) is 0 Å². The average Bonchev–Trinajstić information content (AvgIpc) is 2.25. The zero-order valence-corrected chi connectivity index (χ0v) is 13.4. The summed E-state index contributed by atoms with van der Waals surface area (Å²) in [7, 11) is -3.69. The second-order valence-corrected chi connectivity index (χ2v) is 7.66. The fourth-order valence-corrected chi connectivity index (χ4v) is 4.20. The first-order valence-electron chi connectivity index (χ1n) is 6.82. The van der Waals surface area contributed by atoms with E-state index in [0.29, 0.717) is 13.1 Å². The molecule has 0 aromatic heterocycles. The fourth-order valence-electron chi connectivity index (χ4n) is 2.30. The van der Waals surface area contributed by atoms with Crippen molar-refractivity contribution in [3.8, 4) is 0 Å². The van der Waals surface area contributed by atoms with Gasteiger partial charge in [-0.25, -0.2) is 0 Å². The number of carbonyl (C=O) groups excluding carboxylic acids is 1. The number of morpholine rings is 1. The summed E-state index contributed by atoms with van der Waals surface area (Å²) >= 11 is 0. The molecule has 0 unspecified atom stereocenters. The summed E-state index contributed by atoms with van der Waals surface area (Å²) in [6.45, 7) is 8.02. The highest BCUT2D eigenvalue weighted by atomic mass is 32.2. The van der Waals surface area contributed by atoms with E-state index in [1.54, 1.807) is 0 Å². The van der Waals surface area contributed by atoms with Gasteiger partial charge in [0.1, 0.15) is 0 Å². The Labute approximate surface area is 121 Å². The van der Waals surface area contributed by atoms with Crippen molar-refractivity contribution < 1.29 is 17.9 Å². The van der Waals surface area contributed by atoms with Gasteiger partial charge in [0.15, 0.2) is 0 Å². The second kappa shape index (κ2) is 6.84. The van der Waals surface area contributed by atoms with Gasteiger partial charge < -0.3 is 10.5 Å². The molecule has 1 aliphatic rings. The molecule has 0 bridgehead atoms. The van der Waals surface area contributed by atoms with Crippen molar-refractivity contribution in [2.75, 3.05) is 26.2 Å². The Balaban J connectivity index is 2.93. The van der Waals surface area contributed by atoms with E-state index in [1.165, 1.54) is 4.31 Å². The van der Waals surface area contributed by atoms with E-state index in [0.717, 1.165) is 4.31 Å². The molecule has 0 spiro atoms. The molecule has 0 radical (unpaired) electrons. The molecule has 1 fully saturated rings. The molecule has 7 nitrogen and oxygen atoms in total. The number of nitrogens with two attached hydrogens (primary N) is 1. The highest BCUT2D eigenvalue weighted by Crippen LogP contribution is 2.18. The average molecular weight is 307 g/mol. The Kier molecular flexibility index (Phi) is 5.93. The number of hydrogen-bond donors (Lipinski definition) is 1. The molecule has 2 atom stereocenters. The van der Waals surface area contributed by atoms with E-state index >= 15 is 0 Å². The number of amides is 1. The summed E-state index contributed by atoms with van der Waals surface area (Å²) in [5, 5.41) is 0. The lowest BCUT2D eigenvalue weighted by atomic mass is 10.2. The van der Waals surface area contributed by atoms with Crippen molar-refractivity contribution in [3.05, 3.63) is 0 Å². The third-order valence-electron chi connectivity index (χ3n) is 2.94. The van der Waals surface area contributed by atoms with Crippen molar-refractivity contribution in [1.82, 2.24) is 8.61 Å². The van der Waals surface area contributed by atoms with Crippen LogP contribution in [0.1, 0.15) is 27.7 Å². The van der Waals surface area contributed by atoms with Gasteiger partial charge >= 0.3 is 0 Å². The number of ether oxygens (including phenoxy) is 1. The Morgan fingerprint density at radius 3 is 2.25 bits per heavy atom. The minimum atomic E-state index is -3.69. The van der Waals surface area contributed by atoms with Crippen LogP contribution in [0.25, 0.3) is 0 Å². The Hall–Kier alpha value is -0.700. The smallest absolute Gasteiger partial charge is 0.282 e. The van der Waals surface area contributed by atoms with Gasteiger partial charge in [-0.1, -0.05) is 13.8 Å². The standard InChI is InChI=1S/C12H25N3O4S/c1-9(2)5-14(8-12(13)16)20(17,18)15-6-10(3)19-11(4)7-15/h9-11H,5-8H2,1-4H3,(H2,13,16)/t10-,11-/m0/s1. The van der Waals surface area contributed by atoms with E-state index in [1.807, 2.05) is 27.7 Å². The molecule has 8 heteroatoms. The minimum Gasteiger partial charge on any atom is -0.373 e. The van der Waals surface area contributed by atoms with Crippen molar-refractivity contribution in [2.24, 2.45) is 11.7 Å². The quantitative estimate of drug-likeness (QED) is 0.734. The van der Waals surface area contributed by atoms with Gasteiger partial charge in [-0.2, -0.15) is 17.0 Å². The molecule has 1 rings (SSSR count). The monoisotopic (exact) mass is 307 g/mol. The first kappa shape index (κ1) is 17.4. The minimum absolute atomic E-state index is 0.111. The Morgan fingerprint density at radius 2 is 1.85 bits per heavy atom. The fraction of sp³-hybridized carbons (Fsp3) is 0.917. The van der Waals surface area contributed by atoms with Gasteiger partial charge in [-0.15, -0.1) is 0 Å². The molecule has 20 heavy (non-hydrogen) atoms. The van der Waals surface area contributed by atoms with Crippen molar-refractivity contribution >= 4 is 16.1 Å². The lowest BCUT2D eigenvalue weighted by molar-refractivity contribution is -0.118. The molecule has 0 aromatic carbocycles. The molecule has 0 aromatic rings.